The Morgan fingerprint density at radius 2 is 1.85 bits per heavy atom. The van der Waals surface area contributed by atoms with Gasteiger partial charge in [0.25, 0.3) is 5.91 Å². The number of likely N-dealkylation sites (tertiary alicyclic amines) is 1. The lowest BCUT2D eigenvalue weighted by molar-refractivity contribution is -0.126. The van der Waals surface area contributed by atoms with Crippen LogP contribution in [-0.4, -0.2) is 44.8 Å². The zero-order valence-electron chi connectivity index (χ0n) is 19.5. The summed E-state index contributed by atoms with van der Waals surface area (Å²) in [6.07, 6.45) is 1.48. The molecule has 2 aromatic rings. The molecule has 1 aliphatic rings. The van der Waals surface area contributed by atoms with Gasteiger partial charge >= 0.3 is 0 Å². The first-order chi connectivity index (χ1) is 15.7. The summed E-state index contributed by atoms with van der Waals surface area (Å²) in [5, 5.41) is 2.95. The molecular weight excluding hydrogens is 438 g/mol. The second kappa shape index (κ2) is 10.9. The Hall–Kier alpha value is -2.71. The molecule has 0 bridgehead atoms. The van der Waals surface area contributed by atoms with E-state index in [0.29, 0.717) is 36.7 Å². The van der Waals surface area contributed by atoms with E-state index in [1.165, 1.54) is 12.1 Å². The number of aryl methyl sites for hydroxylation is 1. The van der Waals surface area contributed by atoms with E-state index in [1.807, 2.05) is 44.2 Å². The first kappa shape index (κ1) is 24.9. The molecular formula is C25H33N3O4S. The van der Waals surface area contributed by atoms with Crippen molar-refractivity contribution in [2.75, 3.05) is 19.6 Å². The Kier molecular flexibility index (Phi) is 8.26. The zero-order chi connectivity index (χ0) is 24.0. The minimum absolute atomic E-state index is 0.0284. The van der Waals surface area contributed by atoms with E-state index >= 15 is 0 Å². The molecule has 0 aromatic heterocycles. The first-order valence-corrected chi connectivity index (χ1v) is 12.9. The summed E-state index contributed by atoms with van der Waals surface area (Å²) >= 11 is 0. The van der Waals surface area contributed by atoms with Crippen LogP contribution in [0.4, 0.5) is 0 Å². The lowest BCUT2D eigenvalue weighted by Crippen LogP contribution is -2.46. The zero-order valence-corrected chi connectivity index (χ0v) is 20.3. The van der Waals surface area contributed by atoms with Gasteiger partial charge in [0.2, 0.25) is 15.9 Å². The van der Waals surface area contributed by atoms with E-state index < -0.39 is 10.0 Å². The second-order valence-electron chi connectivity index (χ2n) is 9.02. The number of carbonyl (C=O) groups is 2. The highest BCUT2D eigenvalue weighted by Gasteiger charge is 2.30. The summed E-state index contributed by atoms with van der Waals surface area (Å²) in [6, 6.07) is 13.9. The molecule has 3 rings (SSSR count). The van der Waals surface area contributed by atoms with Gasteiger partial charge in [0.15, 0.2) is 0 Å². The van der Waals surface area contributed by atoms with E-state index in [-0.39, 0.29) is 29.2 Å². The third-order valence-electron chi connectivity index (χ3n) is 5.82. The molecule has 1 saturated heterocycles. The van der Waals surface area contributed by atoms with Gasteiger partial charge in [-0.05, 0) is 48.9 Å². The number of piperidine rings is 1. The summed E-state index contributed by atoms with van der Waals surface area (Å²) in [4.78, 5) is 27.5. The van der Waals surface area contributed by atoms with Gasteiger partial charge < -0.3 is 10.2 Å². The van der Waals surface area contributed by atoms with Crippen LogP contribution in [0.3, 0.4) is 0 Å². The Morgan fingerprint density at radius 1 is 1.12 bits per heavy atom. The predicted octanol–water partition coefficient (Wildman–Crippen LogP) is 3.10. The van der Waals surface area contributed by atoms with Gasteiger partial charge in [-0.2, -0.15) is 0 Å². The molecule has 0 aliphatic carbocycles. The van der Waals surface area contributed by atoms with Gasteiger partial charge in [-0.3, -0.25) is 9.59 Å². The minimum atomic E-state index is -3.79. The Bertz CT molecular complexity index is 1080. The van der Waals surface area contributed by atoms with Crippen LogP contribution in [0, 0.1) is 18.8 Å². The van der Waals surface area contributed by atoms with Crippen LogP contribution in [0.5, 0.6) is 0 Å². The molecule has 2 amide bonds. The molecule has 2 aromatic carbocycles. The van der Waals surface area contributed by atoms with Crippen LogP contribution in [0.25, 0.3) is 0 Å². The maximum absolute atomic E-state index is 13.3. The maximum Gasteiger partial charge on any atom is 0.254 e. The number of nitrogens with one attached hydrogen (secondary N) is 2. The molecule has 0 spiro atoms. The molecule has 1 atom stereocenters. The maximum atomic E-state index is 13.3. The molecule has 1 heterocycles. The largest absolute Gasteiger partial charge is 0.356 e. The summed E-state index contributed by atoms with van der Waals surface area (Å²) in [5.74, 6) is -0.160. The Balaban J connectivity index is 1.72. The summed E-state index contributed by atoms with van der Waals surface area (Å²) in [6.45, 7) is 7.53. The van der Waals surface area contributed by atoms with Crippen LogP contribution in [0.1, 0.15) is 48.2 Å². The summed E-state index contributed by atoms with van der Waals surface area (Å²) in [5.41, 5.74) is 1.90. The van der Waals surface area contributed by atoms with Gasteiger partial charge in [0.05, 0.1) is 10.8 Å². The van der Waals surface area contributed by atoms with Crippen LogP contribution >= 0.6 is 0 Å². The number of nitrogens with zero attached hydrogens (tertiary/aromatic N) is 1. The predicted molar refractivity (Wildman–Crippen MR) is 128 cm³/mol. The van der Waals surface area contributed by atoms with Crippen molar-refractivity contribution in [3.8, 4) is 0 Å². The van der Waals surface area contributed by atoms with Crippen molar-refractivity contribution in [1.82, 2.24) is 14.9 Å². The number of amides is 2. The fourth-order valence-electron chi connectivity index (χ4n) is 3.85. The number of hydrogen-bond donors (Lipinski definition) is 2. The topological polar surface area (TPSA) is 95.6 Å². The highest BCUT2D eigenvalue weighted by Crippen LogP contribution is 2.22. The van der Waals surface area contributed by atoms with Gasteiger partial charge in [-0.1, -0.05) is 50.2 Å². The van der Waals surface area contributed by atoms with Gasteiger partial charge in [0, 0.05) is 31.7 Å². The van der Waals surface area contributed by atoms with E-state index in [1.54, 1.807) is 17.9 Å². The molecule has 33 heavy (non-hydrogen) atoms. The Morgan fingerprint density at radius 3 is 2.55 bits per heavy atom. The molecule has 8 heteroatoms. The molecule has 0 saturated carbocycles. The number of carbonyl (C=O) groups excluding carboxylic acids is 2. The van der Waals surface area contributed by atoms with Crippen molar-refractivity contribution in [2.45, 2.75) is 45.1 Å². The van der Waals surface area contributed by atoms with E-state index in [0.717, 1.165) is 18.4 Å². The van der Waals surface area contributed by atoms with Crippen LogP contribution in [0.2, 0.25) is 0 Å². The monoisotopic (exact) mass is 471 g/mol. The van der Waals surface area contributed by atoms with E-state index in [4.69, 9.17) is 0 Å². The molecule has 178 valence electrons. The van der Waals surface area contributed by atoms with Crippen molar-refractivity contribution in [3.63, 3.8) is 0 Å². The van der Waals surface area contributed by atoms with Crippen LogP contribution in [0.15, 0.2) is 53.4 Å². The smallest absolute Gasteiger partial charge is 0.254 e. The van der Waals surface area contributed by atoms with Crippen molar-refractivity contribution in [3.05, 3.63) is 65.2 Å². The van der Waals surface area contributed by atoms with Crippen molar-refractivity contribution in [1.29, 1.82) is 0 Å². The van der Waals surface area contributed by atoms with Crippen LogP contribution < -0.4 is 10.0 Å². The van der Waals surface area contributed by atoms with Gasteiger partial charge in [0.1, 0.15) is 0 Å². The highest BCUT2D eigenvalue weighted by atomic mass is 32.2. The number of sulfonamides is 1. The fraction of sp³-hybridized carbons (Fsp3) is 0.440. The molecule has 1 fully saturated rings. The first-order valence-electron chi connectivity index (χ1n) is 11.4. The quantitative estimate of drug-likeness (QED) is 0.618. The standard InChI is InChI=1S/C25H33N3O4S/c1-18(2)15-26-24(29)21-10-7-13-28(17-21)25(30)23-14-22(12-11-19(23)3)33(31,32)27-16-20-8-5-4-6-9-20/h4-6,8-9,11-12,14,18,21,27H,7,10,13,15-17H2,1-3H3,(H,26,29)/t21-/m1/s1. The average molecular weight is 472 g/mol. The normalized spacial score (nSPS) is 16.6. The average Bonchev–Trinajstić information content (AvgIpc) is 2.81. The van der Waals surface area contributed by atoms with E-state index in [2.05, 4.69) is 10.0 Å². The molecule has 7 nitrogen and oxygen atoms in total. The van der Waals surface area contributed by atoms with E-state index in [9.17, 15) is 18.0 Å². The number of hydrogen-bond acceptors (Lipinski definition) is 4. The van der Waals surface area contributed by atoms with Crippen molar-refractivity contribution in [2.24, 2.45) is 11.8 Å². The molecule has 1 aliphatic heterocycles. The third-order valence-corrected chi connectivity index (χ3v) is 7.22. The highest BCUT2D eigenvalue weighted by molar-refractivity contribution is 7.89. The lowest BCUT2D eigenvalue weighted by atomic mass is 9.95. The second-order valence-corrected chi connectivity index (χ2v) is 10.8. The molecule has 0 radical (unpaired) electrons. The van der Waals surface area contributed by atoms with Crippen molar-refractivity contribution >= 4 is 21.8 Å². The third kappa shape index (κ3) is 6.65. The van der Waals surface area contributed by atoms with Gasteiger partial charge in [-0.15, -0.1) is 0 Å². The SMILES string of the molecule is Cc1ccc(S(=O)(=O)NCc2ccccc2)cc1C(=O)N1CCC[C@@H](C(=O)NCC(C)C)C1. The van der Waals surface area contributed by atoms with Crippen LogP contribution in [-0.2, 0) is 21.4 Å². The molecule has 0 unspecified atom stereocenters. The number of benzene rings is 2. The summed E-state index contributed by atoms with van der Waals surface area (Å²) in [7, 11) is -3.79. The lowest BCUT2D eigenvalue weighted by Gasteiger charge is -2.32. The Labute approximate surface area is 196 Å². The minimum Gasteiger partial charge on any atom is -0.356 e. The summed E-state index contributed by atoms with van der Waals surface area (Å²) < 4.78 is 28.3. The van der Waals surface area contributed by atoms with Gasteiger partial charge in [-0.25, -0.2) is 13.1 Å². The van der Waals surface area contributed by atoms with Crippen molar-refractivity contribution < 1.29 is 18.0 Å². The molecule has 2 N–H and O–H groups in total. The number of rotatable bonds is 8. The fourth-order valence-corrected chi connectivity index (χ4v) is 4.89.